The zero-order valence-electron chi connectivity index (χ0n) is 14.2. The predicted octanol–water partition coefficient (Wildman–Crippen LogP) is 4.61. The van der Waals surface area contributed by atoms with E-state index in [2.05, 4.69) is 20.6 Å². The minimum absolute atomic E-state index is 0.0469. The van der Waals surface area contributed by atoms with Crippen LogP contribution in [0.4, 0.5) is 18.9 Å². The maximum atomic E-state index is 12.6. The van der Waals surface area contributed by atoms with Gasteiger partial charge in [-0.2, -0.15) is 18.4 Å². The predicted molar refractivity (Wildman–Crippen MR) is 89.1 cm³/mol. The molecule has 0 aliphatic heterocycles. The molecule has 8 nitrogen and oxygen atoms in total. The lowest BCUT2D eigenvalue weighted by molar-refractivity contribution is -0.384. The standard InChI is InChI=1S/C14H8F3N5O3.C2H6/c15-14(16,17)8-1-4-10(5-2-8)25-12-6-3-9(22(23)24)7-11(12)13-18-20-21-19-13;1-2/h1-7H,(H,18,19,20,21);1-2H3. The molecule has 0 saturated carbocycles. The number of benzene rings is 2. The molecule has 142 valence electrons. The highest BCUT2D eigenvalue weighted by molar-refractivity contribution is 5.67. The van der Waals surface area contributed by atoms with Crippen molar-refractivity contribution in [1.82, 2.24) is 20.6 Å². The number of nitrogens with zero attached hydrogens (tertiary/aromatic N) is 4. The van der Waals surface area contributed by atoms with Crippen molar-refractivity contribution >= 4 is 5.69 Å². The summed E-state index contributed by atoms with van der Waals surface area (Å²) in [7, 11) is 0. The third-order valence-corrected chi connectivity index (χ3v) is 3.17. The Bertz CT molecular complexity index is 897. The molecular formula is C16H14F3N5O3. The number of halogens is 3. The smallest absolute Gasteiger partial charge is 0.416 e. The van der Waals surface area contributed by atoms with Crippen LogP contribution in [0.5, 0.6) is 11.5 Å². The molecule has 0 saturated heterocycles. The van der Waals surface area contributed by atoms with Gasteiger partial charge in [0, 0.05) is 12.1 Å². The van der Waals surface area contributed by atoms with E-state index in [9.17, 15) is 23.3 Å². The summed E-state index contributed by atoms with van der Waals surface area (Å²) in [5.74, 6) is 0.295. The summed E-state index contributed by atoms with van der Waals surface area (Å²) in [6.07, 6.45) is -4.46. The summed E-state index contributed by atoms with van der Waals surface area (Å²) in [5, 5.41) is 24.0. The number of aromatic amines is 1. The molecule has 0 aliphatic carbocycles. The number of alkyl halides is 3. The third kappa shape index (κ3) is 4.77. The number of hydrogen-bond acceptors (Lipinski definition) is 6. The van der Waals surface area contributed by atoms with Crippen LogP contribution < -0.4 is 4.74 Å². The second-order valence-corrected chi connectivity index (χ2v) is 4.80. The largest absolute Gasteiger partial charge is 0.457 e. The molecule has 0 fully saturated rings. The number of nitrogens with one attached hydrogen (secondary N) is 1. The molecule has 2 aromatic carbocycles. The van der Waals surface area contributed by atoms with Crippen LogP contribution in [0.1, 0.15) is 19.4 Å². The minimum Gasteiger partial charge on any atom is -0.457 e. The molecule has 0 bridgehead atoms. The summed E-state index contributed by atoms with van der Waals surface area (Å²) in [6, 6.07) is 7.72. The molecule has 0 radical (unpaired) electrons. The number of nitro benzene ring substituents is 1. The lowest BCUT2D eigenvalue weighted by Gasteiger charge is -2.11. The van der Waals surface area contributed by atoms with E-state index in [4.69, 9.17) is 4.74 Å². The molecule has 0 amide bonds. The first-order valence-electron chi connectivity index (χ1n) is 7.72. The van der Waals surface area contributed by atoms with Crippen molar-refractivity contribution < 1.29 is 22.8 Å². The molecule has 1 N–H and O–H groups in total. The van der Waals surface area contributed by atoms with Crippen LogP contribution in [0, 0.1) is 10.1 Å². The first kappa shape index (κ1) is 19.8. The summed E-state index contributed by atoms with van der Waals surface area (Å²) in [6.45, 7) is 4.00. The van der Waals surface area contributed by atoms with Gasteiger partial charge in [-0.1, -0.05) is 13.8 Å². The molecule has 3 aromatic rings. The van der Waals surface area contributed by atoms with Crippen LogP contribution in [0.15, 0.2) is 42.5 Å². The second kappa shape index (κ2) is 8.25. The molecule has 0 aliphatic rings. The van der Waals surface area contributed by atoms with Crippen LogP contribution in [-0.4, -0.2) is 25.5 Å². The van der Waals surface area contributed by atoms with Gasteiger partial charge >= 0.3 is 6.18 Å². The number of rotatable bonds is 4. The van der Waals surface area contributed by atoms with Gasteiger partial charge in [-0.15, -0.1) is 10.2 Å². The van der Waals surface area contributed by atoms with E-state index in [-0.39, 0.29) is 28.6 Å². The van der Waals surface area contributed by atoms with Crippen molar-refractivity contribution in [3.8, 4) is 22.9 Å². The molecule has 0 unspecified atom stereocenters. The number of H-pyrrole nitrogens is 1. The lowest BCUT2D eigenvalue weighted by Crippen LogP contribution is -2.04. The number of nitro groups is 1. The zero-order valence-corrected chi connectivity index (χ0v) is 14.2. The van der Waals surface area contributed by atoms with Crippen LogP contribution in [0.25, 0.3) is 11.4 Å². The zero-order chi connectivity index (χ0) is 20.0. The molecule has 27 heavy (non-hydrogen) atoms. The fourth-order valence-electron chi connectivity index (χ4n) is 2.01. The van der Waals surface area contributed by atoms with Crippen molar-refractivity contribution in [1.29, 1.82) is 0 Å². The molecule has 1 aromatic heterocycles. The van der Waals surface area contributed by atoms with E-state index in [1.807, 2.05) is 13.8 Å². The van der Waals surface area contributed by atoms with Crippen LogP contribution in [-0.2, 0) is 6.18 Å². The maximum Gasteiger partial charge on any atom is 0.416 e. The van der Waals surface area contributed by atoms with Gasteiger partial charge in [0.1, 0.15) is 11.5 Å². The molecule has 3 rings (SSSR count). The first-order valence-corrected chi connectivity index (χ1v) is 7.72. The Hall–Kier alpha value is -3.50. The maximum absolute atomic E-state index is 12.6. The average Bonchev–Trinajstić information content (AvgIpc) is 3.18. The van der Waals surface area contributed by atoms with E-state index in [0.29, 0.717) is 0 Å². The Labute approximate surface area is 151 Å². The van der Waals surface area contributed by atoms with Crippen LogP contribution in [0.3, 0.4) is 0 Å². The van der Waals surface area contributed by atoms with Crippen molar-refractivity contribution in [3.05, 3.63) is 58.1 Å². The van der Waals surface area contributed by atoms with E-state index in [0.717, 1.165) is 24.3 Å². The Kier molecular flexibility index (Phi) is 6.06. The molecule has 0 atom stereocenters. The summed E-state index contributed by atoms with van der Waals surface area (Å²) >= 11 is 0. The summed E-state index contributed by atoms with van der Waals surface area (Å²) in [4.78, 5) is 10.3. The quantitative estimate of drug-likeness (QED) is 0.522. The topological polar surface area (TPSA) is 107 Å². The van der Waals surface area contributed by atoms with Gasteiger partial charge in [0.05, 0.1) is 16.1 Å². The lowest BCUT2D eigenvalue weighted by atomic mass is 10.1. The first-order chi connectivity index (χ1) is 12.8. The molecule has 11 heteroatoms. The van der Waals surface area contributed by atoms with Gasteiger partial charge < -0.3 is 4.74 Å². The van der Waals surface area contributed by atoms with E-state index >= 15 is 0 Å². The fourth-order valence-corrected chi connectivity index (χ4v) is 2.01. The monoisotopic (exact) mass is 381 g/mol. The van der Waals surface area contributed by atoms with Crippen LogP contribution in [0.2, 0.25) is 0 Å². The number of non-ortho nitro benzene ring substituents is 1. The SMILES string of the molecule is CC.O=[N+]([O-])c1ccc(Oc2ccc(C(F)(F)F)cc2)c(-c2nn[nH]n2)c1. The van der Waals surface area contributed by atoms with E-state index < -0.39 is 16.7 Å². The summed E-state index contributed by atoms with van der Waals surface area (Å²) in [5.41, 5.74) is -0.871. The molecule has 1 heterocycles. The highest BCUT2D eigenvalue weighted by Crippen LogP contribution is 2.35. The van der Waals surface area contributed by atoms with Gasteiger partial charge in [0.2, 0.25) is 5.82 Å². The molecular weight excluding hydrogens is 367 g/mol. The Morgan fingerprint density at radius 2 is 1.78 bits per heavy atom. The van der Waals surface area contributed by atoms with Crippen molar-refractivity contribution in [3.63, 3.8) is 0 Å². The van der Waals surface area contributed by atoms with Crippen molar-refractivity contribution in [2.45, 2.75) is 20.0 Å². The van der Waals surface area contributed by atoms with Gasteiger partial charge in [-0.25, -0.2) is 0 Å². The van der Waals surface area contributed by atoms with E-state index in [1.165, 1.54) is 18.2 Å². The number of hydrogen-bond donors (Lipinski definition) is 1. The van der Waals surface area contributed by atoms with E-state index in [1.54, 1.807) is 0 Å². The number of aromatic nitrogens is 4. The Morgan fingerprint density at radius 1 is 1.11 bits per heavy atom. The normalized spacial score (nSPS) is 10.7. The number of tetrazole rings is 1. The van der Waals surface area contributed by atoms with Crippen molar-refractivity contribution in [2.75, 3.05) is 0 Å². The summed E-state index contributed by atoms with van der Waals surface area (Å²) < 4.78 is 43.3. The average molecular weight is 381 g/mol. The number of ether oxygens (including phenoxy) is 1. The van der Waals surface area contributed by atoms with Gasteiger partial charge in [0.25, 0.3) is 5.69 Å². The van der Waals surface area contributed by atoms with Gasteiger partial charge in [-0.05, 0) is 35.5 Å². The Morgan fingerprint density at radius 3 is 2.30 bits per heavy atom. The van der Waals surface area contributed by atoms with Crippen molar-refractivity contribution in [2.24, 2.45) is 0 Å². The molecule has 0 spiro atoms. The third-order valence-electron chi connectivity index (χ3n) is 3.17. The van der Waals surface area contributed by atoms with Gasteiger partial charge in [-0.3, -0.25) is 10.1 Å². The fraction of sp³-hybridized carbons (Fsp3) is 0.188. The highest BCUT2D eigenvalue weighted by Gasteiger charge is 2.30. The minimum atomic E-state index is -4.46. The highest BCUT2D eigenvalue weighted by atomic mass is 19.4. The Balaban J connectivity index is 0.00000126. The van der Waals surface area contributed by atoms with Gasteiger partial charge in [0.15, 0.2) is 0 Å². The van der Waals surface area contributed by atoms with Crippen LogP contribution >= 0.6 is 0 Å². The second-order valence-electron chi connectivity index (χ2n) is 4.80.